The molecule has 5 rings (SSSR count). The van der Waals surface area contributed by atoms with Crippen molar-refractivity contribution in [3.05, 3.63) is 109 Å². The summed E-state index contributed by atoms with van der Waals surface area (Å²) in [5.41, 5.74) is 0.280. The first-order valence-electron chi connectivity index (χ1n) is 19.2. The molecule has 0 bridgehead atoms. The largest absolute Gasteiger partial charge is 0.494 e. The minimum atomic E-state index is -1.67. The second-order valence-corrected chi connectivity index (χ2v) is 13.6. The van der Waals surface area contributed by atoms with Crippen molar-refractivity contribution in [3.8, 4) is 11.5 Å². The maximum absolute atomic E-state index is 13.3. The summed E-state index contributed by atoms with van der Waals surface area (Å²) in [5.74, 6) is -2.86. The van der Waals surface area contributed by atoms with Gasteiger partial charge in [0.15, 0.2) is 0 Å². The Kier molecular flexibility index (Phi) is 15.5. The van der Waals surface area contributed by atoms with Crippen LogP contribution < -0.4 is 9.47 Å². The van der Waals surface area contributed by atoms with Crippen molar-refractivity contribution >= 4 is 57.2 Å². The van der Waals surface area contributed by atoms with Crippen LogP contribution in [0.1, 0.15) is 72.1 Å². The zero-order valence-electron chi connectivity index (χ0n) is 32.5. The maximum Gasteiger partial charge on any atom is 0.339 e. The molecule has 0 aromatic heterocycles. The van der Waals surface area contributed by atoms with E-state index in [1.165, 1.54) is 7.05 Å². The molecule has 13 nitrogen and oxygen atoms in total. The molecule has 2 amide bonds. The van der Waals surface area contributed by atoms with Gasteiger partial charge in [-0.15, -0.1) is 0 Å². The molecule has 0 radical (unpaired) electrons. The van der Waals surface area contributed by atoms with Crippen LogP contribution in [0.3, 0.4) is 0 Å². The highest BCUT2D eigenvalue weighted by molar-refractivity contribution is 6.10. The highest BCUT2D eigenvalue weighted by atomic mass is 16.6. The number of nitrogens with zero attached hydrogens (tertiary/aromatic N) is 1. The summed E-state index contributed by atoms with van der Waals surface area (Å²) in [6.07, 6.45) is 5.77. The number of fused-ring (bicyclic) bond motifs is 2. The molecular weight excluding hydrogens is 746 g/mol. The van der Waals surface area contributed by atoms with Crippen molar-refractivity contribution in [3.63, 3.8) is 0 Å². The van der Waals surface area contributed by atoms with Gasteiger partial charge in [0, 0.05) is 19.2 Å². The Morgan fingerprint density at radius 1 is 0.534 bits per heavy atom. The summed E-state index contributed by atoms with van der Waals surface area (Å²) < 4.78 is 32.8. The lowest BCUT2D eigenvalue weighted by Crippen LogP contribution is -2.37. The van der Waals surface area contributed by atoms with Gasteiger partial charge in [0.2, 0.25) is 12.2 Å². The Bertz CT molecular complexity index is 2010. The second-order valence-electron chi connectivity index (χ2n) is 13.6. The van der Waals surface area contributed by atoms with Gasteiger partial charge in [-0.25, -0.2) is 19.2 Å². The van der Waals surface area contributed by atoms with Crippen LogP contribution in [-0.2, 0) is 38.1 Å². The Balaban J connectivity index is 1.11. The number of rotatable bonds is 22. The number of amides is 2. The van der Waals surface area contributed by atoms with Crippen LogP contribution in [0.2, 0.25) is 0 Å². The molecule has 304 valence electrons. The zero-order valence-corrected chi connectivity index (χ0v) is 32.5. The number of esters is 4. The monoisotopic (exact) mass is 793 g/mol. The summed E-state index contributed by atoms with van der Waals surface area (Å²) in [7, 11) is 1.23. The lowest BCUT2D eigenvalue weighted by Gasteiger charge is -2.17. The number of likely N-dealkylation sites (tertiary alicyclic amines) is 1. The number of imide groups is 1. The van der Waals surface area contributed by atoms with E-state index in [0.717, 1.165) is 90.0 Å². The Morgan fingerprint density at radius 2 is 0.897 bits per heavy atom. The molecule has 1 saturated heterocycles. The number of carbonyl (C=O) groups is 6. The van der Waals surface area contributed by atoms with Crippen molar-refractivity contribution in [2.75, 3.05) is 33.5 Å². The summed E-state index contributed by atoms with van der Waals surface area (Å²) >= 11 is 0. The van der Waals surface area contributed by atoms with Gasteiger partial charge >= 0.3 is 23.9 Å². The first-order chi connectivity index (χ1) is 28.1. The number of likely N-dealkylation sites (N-methyl/N-ethyl adjacent to an activating group) is 1. The van der Waals surface area contributed by atoms with Crippen molar-refractivity contribution in [1.29, 1.82) is 0 Å². The van der Waals surface area contributed by atoms with E-state index >= 15 is 0 Å². The van der Waals surface area contributed by atoms with Crippen LogP contribution in [0, 0.1) is 0 Å². The molecule has 0 N–H and O–H groups in total. The molecule has 4 aromatic carbocycles. The molecule has 2 atom stereocenters. The zero-order chi connectivity index (χ0) is 41.4. The van der Waals surface area contributed by atoms with Gasteiger partial charge < -0.3 is 28.4 Å². The van der Waals surface area contributed by atoms with E-state index in [9.17, 15) is 28.8 Å². The van der Waals surface area contributed by atoms with Crippen LogP contribution in [0.5, 0.6) is 11.5 Å². The predicted molar refractivity (Wildman–Crippen MR) is 214 cm³/mol. The van der Waals surface area contributed by atoms with E-state index < -0.39 is 47.9 Å². The summed E-state index contributed by atoms with van der Waals surface area (Å²) in [4.78, 5) is 75.6. The van der Waals surface area contributed by atoms with E-state index in [0.29, 0.717) is 37.9 Å². The van der Waals surface area contributed by atoms with Gasteiger partial charge in [0.1, 0.15) is 11.5 Å². The SMILES string of the molecule is C=CC(=O)OCCCCCCOc1ccc2cc(C(=O)O[C@H]3C(=O)N(C)C(=O)[C@@H]3OC(=O)c3ccc4cc(OCCCCCCOC(=O)C=C)ccc4c3)ccc2c1. The van der Waals surface area contributed by atoms with E-state index in [2.05, 4.69) is 13.2 Å². The molecule has 0 aliphatic carbocycles. The topological polar surface area (TPSA) is 161 Å². The minimum absolute atomic E-state index is 0.140. The summed E-state index contributed by atoms with van der Waals surface area (Å²) in [6, 6.07) is 20.6. The van der Waals surface area contributed by atoms with Crippen LogP contribution in [0.15, 0.2) is 98.1 Å². The Hall–Kier alpha value is -6.50. The van der Waals surface area contributed by atoms with Crippen molar-refractivity contribution < 1.29 is 57.2 Å². The lowest BCUT2D eigenvalue weighted by atomic mass is 10.1. The second kappa shape index (κ2) is 21.1. The summed E-state index contributed by atoms with van der Waals surface area (Å²) in [5, 5.41) is 3.06. The molecule has 1 aliphatic rings. The number of benzene rings is 4. The normalized spacial score (nSPS) is 14.9. The third-order valence-electron chi connectivity index (χ3n) is 9.42. The van der Waals surface area contributed by atoms with E-state index in [4.69, 9.17) is 28.4 Å². The van der Waals surface area contributed by atoms with E-state index in [1.54, 1.807) is 60.7 Å². The van der Waals surface area contributed by atoms with Crippen LogP contribution >= 0.6 is 0 Å². The number of ether oxygens (including phenoxy) is 6. The quantitative estimate of drug-likeness (QED) is 0.0262. The molecule has 58 heavy (non-hydrogen) atoms. The molecule has 0 spiro atoms. The van der Waals surface area contributed by atoms with Gasteiger partial charge in [-0.05, 0) is 121 Å². The first kappa shape index (κ1) is 42.6. The average Bonchev–Trinajstić information content (AvgIpc) is 3.43. The fourth-order valence-corrected chi connectivity index (χ4v) is 6.18. The molecule has 1 heterocycles. The van der Waals surface area contributed by atoms with Gasteiger partial charge in [0.25, 0.3) is 11.8 Å². The predicted octanol–water partition coefficient (Wildman–Crippen LogP) is 7.08. The van der Waals surface area contributed by atoms with Gasteiger partial charge in [-0.3, -0.25) is 14.5 Å². The third kappa shape index (κ3) is 11.8. The smallest absolute Gasteiger partial charge is 0.339 e. The third-order valence-corrected chi connectivity index (χ3v) is 9.42. The molecule has 13 heteroatoms. The fraction of sp³-hybridized carbons (Fsp3) is 0.333. The van der Waals surface area contributed by atoms with Gasteiger partial charge in [-0.1, -0.05) is 37.4 Å². The summed E-state index contributed by atoms with van der Waals surface area (Å²) in [6.45, 7) is 8.48. The molecule has 4 aromatic rings. The number of hydrogen-bond acceptors (Lipinski definition) is 12. The first-order valence-corrected chi connectivity index (χ1v) is 19.2. The number of hydrogen-bond donors (Lipinski definition) is 0. The Labute approximate surface area is 336 Å². The number of unbranched alkanes of at least 4 members (excludes halogenated alkanes) is 6. The highest BCUT2D eigenvalue weighted by Gasteiger charge is 2.51. The highest BCUT2D eigenvalue weighted by Crippen LogP contribution is 2.27. The fourth-order valence-electron chi connectivity index (χ4n) is 6.18. The molecule has 1 aliphatic heterocycles. The maximum atomic E-state index is 13.3. The minimum Gasteiger partial charge on any atom is -0.494 e. The molecule has 0 unspecified atom stereocenters. The standard InChI is InChI=1S/C45H47NO12/c1-4-38(47)55-24-12-8-6-10-22-53-36-20-18-30-26-34(16-14-32(30)28-36)44(51)57-40-41(43(50)46(3)42(40)49)58-45(52)35-17-15-33-29-37(21-19-31(33)27-35)54-23-11-7-9-13-25-56-39(48)5-2/h4-5,14-21,26-29,40-41H,1-2,6-13,22-25H2,3H3/t40-,41-/m1/s1. The van der Waals surface area contributed by atoms with Gasteiger partial charge in [0.05, 0.1) is 37.6 Å². The molecule has 0 saturated carbocycles. The lowest BCUT2D eigenvalue weighted by molar-refractivity contribution is -0.140. The van der Waals surface area contributed by atoms with Crippen LogP contribution in [-0.4, -0.2) is 86.3 Å². The number of carbonyl (C=O) groups excluding carboxylic acids is 6. The molecule has 1 fully saturated rings. The van der Waals surface area contributed by atoms with Crippen LogP contribution in [0.25, 0.3) is 21.5 Å². The van der Waals surface area contributed by atoms with Crippen molar-refractivity contribution in [1.82, 2.24) is 4.90 Å². The Morgan fingerprint density at radius 3 is 1.29 bits per heavy atom. The average molecular weight is 794 g/mol. The van der Waals surface area contributed by atoms with Crippen molar-refractivity contribution in [2.24, 2.45) is 0 Å². The molecular formula is C45H47NO12. The van der Waals surface area contributed by atoms with Crippen molar-refractivity contribution in [2.45, 2.75) is 63.6 Å². The van der Waals surface area contributed by atoms with E-state index in [1.807, 2.05) is 12.1 Å². The van der Waals surface area contributed by atoms with Gasteiger partial charge in [-0.2, -0.15) is 0 Å². The van der Waals surface area contributed by atoms with Crippen LogP contribution in [0.4, 0.5) is 0 Å². The van der Waals surface area contributed by atoms with E-state index in [-0.39, 0.29) is 11.1 Å².